The molecule has 1 atom stereocenters. The first-order valence-corrected chi connectivity index (χ1v) is 8.10. The van der Waals surface area contributed by atoms with Crippen LogP contribution < -0.4 is 5.73 Å². The minimum atomic E-state index is -0.0994. The number of ether oxygens (including phenoxy) is 1. The molecule has 1 aliphatic heterocycles. The maximum absolute atomic E-state index is 12.8. The van der Waals surface area contributed by atoms with Crippen molar-refractivity contribution in [3.05, 3.63) is 28.8 Å². The van der Waals surface area contributed by atoms with Crippen molar-refractivity contribution in [1.29, 1.82) is 0 Å². The summed E-state index contributed by atoms with van der Waals surface area (Å²) in [5.41, 5.74) is 6.75. The molecule has 0 bridgehead atoms. The lowest BCUT2D eigenvalue weighted by atomic mass is 10.1. The van der Waals surface area contributed by atoms with Crippen LogP contribution in [0, 0.1) is 0 Å². The molecule has 0 saturated carbocycles. The maximum atomic E-state index is 12.8. The van der Waals surface area contributed by atoms with Crippen LogP contribution in [0.1, 0.15) is 16.8 Å². The van der Waals surface area contributed by atoms with Gasteiger partial charge < -0.3 is 15.4 Å². The quantitative estimate of drug-likeness (QED) is 0.849. The van der Waals surface area contributed by atoms with Gasteiger partial charge in [-0.05, 0) is 24.3 Å². The Hall–Kier alpha value is -0.910. The predicted molar refractivity (Wildman–Crippen MR) is 84.5 cm³/mol. The van der Waals surface area contributed by atoms with Gasteiger partial charge in [0.2, 0.25) is 0 Å². The van der Waals surface area contributed by atoms with Crippen LogP contribution in [-0.4, -0.2) is 48.6 Å². The Morgan fingerprint density at radius 3 is 3.00 bits per heavy atom. The summed E-state index contributed by atoms with van der Waals surface area (Å²) >= 11 is 8.01. The molecular weight excluding hydrogens is 296 g/mol. The summed E-state index contributed by atoms with van der Waals surface area (Å²) in [6.45, 7) is 1.07. The molecule has 0 aliphatic carbocycles. The van der Waals surface area contributed by atoms with E-state index in [4.69, 9.17) is 22.1 Å². The van der Waals surface area contributed by atoms with Crippen molar-refractivity contribution in [3.8, 4) is 0 Å². The number of anilines is 1. The molecule has 1 aliphatic rings. The highest BCUT2D eigenvalue weighted by Crippen LogP contribution is 2.28. The fourth-order valence-corrected chi connectivity index (χ4v) is 3.80. The normalized spacial score (nSPS) is 18.2. The lowest BCUT2D eigenvalue weighted by Gasteiger charge is -2.29. The molecule has 1 amide bonds. The summed E-state index contributed by atoms with van der Waals surface area (Å²) < 4.78 is 5.11. The smallest absolute Gasteiger partial charge is 0.257 e. The van der Waals surface area contributed by atoms with E-state index in [-0.39, 0.29) is 11.9 Å². The molecule has 20 heavy (non-hydrogen) atoms. The molecule has 110 valence electrons. The second-order valence-corrected chi connectivity index (χ2v) is 6.27. The number of methoxy groups -OCH3 is 1. The number of nitrogen functional groups attached to an aromatic ring is 1. The first kappa shape index (κ1) is 15.5. The third-order valence-corrected chi connectivity index (χ3v) is 4.86. The standard InChI is InChI=1S/C14H19ClN2O2S/c1-19-7-6-17(10-5-8-20-9-10)14(18)13-11(15)3-2-4-12(13)16/h2-4,10H,5-9,16H2,1H3. The summed E-state index contributed by atoms with van der Waals surface area (Å²) in [7, 11) is 1.63. The number of benzene rings is 1. The van der Waals surface area contributed by atoms with Crippen molar-refractivity contribution < 1.29 is 9.53 Å². The van der Waals surface area contributed by atoms with Crippen LogP contribution in [0.15, 0.2) is 18.2 Å². The Morgan fingerprint density at radius 1 is 1.60 bits per heavy atom. The van der Waals surface area contributed by atoms with Gasteiger partial charge in [0.15, 0.2) is 0 Å². The topological polar surface area (TPSA) is 55.6 Å². The van der Waals surface area contributed by atoms with Crippen LogP contribution in [0.2, 0.25) is 5.02 Å². The van der Waals surface area contributed by atoms with Crippen molar-refractivity contribution in [1.82, 2.24) is 4.90 Å². The molecular formula is C14H19ClN2O2S. The number of amides is 1. The van der Waals surface area contributed by atoms with E-state index in [0.717, 1.165) is 17.9 Å². The molecule has 1 aromatic rings. The van der Waals surface area contributed by atoms with Gasteiger partial charge in [-0.15, -0.1) is 0 Å². The summed E-state index contributed by atoms with van der Waals surface area (Å²) in [6, 6.07) is 5.39. The Kier molecular flexibility index (Phi) is 5.57. The van der Waals surface area contributed by atoms with Crippen LogP contribution in [0.5, 0.6) is 0 Å². The third kappa shape index (κ3) is 3.40. The van der Waals surface area contributed by atoms with Gasteiger partial charge in [0.1, 0.15) is 0 Å². The zero-order valence-electron chi connectivity index (χ0n) is 11.5. The Balaban J connectivity index is 2.25. The minimum absolute atomic E-state index is 0.0994. The number of carbonyl (C=O) groups is 1. The molecule has 2 rings (SSSR count). The van der Waals surface area contributed by atoms with Gasteiger partial charge >= 0.3 is 0 Å². The lowest BCUT2D eigenvalue weighted by molar-refractivity contribution is 0.0626. The molecule has 6 heteroatoms. The van der Waals surface area contributed by atoms with Crippen molar-refractivity contribution in [2.75, 3.05) is 37.5 Å². The number of carbonyl (C=O) groups excluding carboxylic acids is 1. The first-order chi connectivity index (χ1) is 9.65. The number of hydrogen-bond acceptors (Lipinski definition) is 4. The van der Waals surface area contributed by atoms with Crippen LogP contribution in [0.25, 0.3) is 0 Å². The molecule has 4 nitrogen and oxygen atoms in total. The zero-order chi connectivity index (χ0) is 14.5. The Morgan fingerprint density at radius 2 is 2.40 bits per heavy atom. The number of nitrogens with zero attached hydrogens (tertiary/aromatic N) is 1. The van der Waals surface area contributed by atoms with E-state index in [1.165, 1.54) is 0 Å². The van der Waals surface area contributed by atoms with Gasteiger partial charge in [0.25, 0.3) is 5.91 Å². The maximum Gasteiger partial charge on any atom is 0.257 e. The largest absolute Gasteiger partial charge is 0.398 e. The highest BCUT2D eigenvalue weighted by Gasteiger charge is 2.29. The summed E-state index contributed by atoms with van der Waals surface area (Å²) in [5.74, 6) is 1.94. The summed E-state index contributed by atoms with van der Waals surface area (Å²) in [6.07, 6.45) is 1.00. The molecule has 1 heterocycles. The van der Waals surface area contributed by atoms with E-state index >= 15 is 0 Å². The molecule has 1 fully saturated rings. The average Bonchev–Trinajstić information content (AvgIpc) is 2.93. The van der Waals surface area contributed by atoms with E-state index in [9.17, 15) is 4.79 Å². The van der Waals surface area contributed by atoms with E-state index < -0.39 is 0 Å². The van der Waals surface area contributed by atoms with Crippen LogP contribution in [-0.2, 0) is 4.74 Å². The second-order valence-electron chi connectivity index (χ2n) is 4.71. The fraction of sp³-hybridized carbons (Fsp3) is 0.500. The number of halogens is 1. The van der Waals surface area contributed by atoms with Gasteiger partial charge in [-0.2, -0.15) is 11.8 Å². The molecule has 2 N–H and O–H groups in total. The lowest BCUT2D eigenvalue weighted by Crippen LogP contribution is -2.42. The van der Waals surface area contributed by atoms with Crippen molar-refractivity contribution in [2.45, 2.75) is 12.5 Å². The van der Waals surface area contributed by atoms with E-state index in [1.54, 1.807) is 25.3 Å². The minimum Gasteiger partial charge on any atom is -0.398 e. The molecule has 0 radical (unpaired) electrons. The highest BCUT2D eigenvalue weighted by molar-refractivity contribution is 7.99. The summed E-state index contributed by atoms with van der Waals surface area (Å²) in [4.78, 5) is 14.6. The SMILES string of the molecule is COCCN(C(=O)c1c(N)cccc1Cl)C1CCSC1. The predicted octanol–water partition coefficient (Wildman–Crippen LogP) is 2.52. The number of rotatable bonds is 5. The molecule has 1 saturated heterocycles. The third-order valence-electron chi connectivity index (χ3n) is 3.40. The number of hydrogen-bond donors (Lipinski definition) is 1. The van der Waals surface area contributed by atoms with Gasteiger partial charge in [-0.3, -0.25) is 4.79 Å². The van der Waals surface area contributed by atoms with Crippen molar-refractivity contribution >= 4 is 35.0 Å². The fourth-order valence-electron chi connectivity index (χ4n) is 2.32. The number of nitrogens with two attached hydrogens (primary N) is 1. The van der Waals surface area contributed by atoms with Crippen molar-refractivity contribution in [2.24, 2.45) is 0 Å². The van der Waals surface area contributed by atoms with Gasteiger partial charge in [-0.25, -0.2) is 0 Å². The van der Waals surface area contributed by atoms with Crippen LogP contribution in [0.4, 0.5) is 5.69 Å². The monoisotopic (exact) mass is 314 g/mol. The van der Waals surface area contributed by atoms with Crippen LogP contribution >= 0.6 is 23.4 Å². The van der Waals surface area contributed by atoms with Crippen molar-refractivity contribution in [3.63, 3.8) is 0 Å². The van der Waals surface area contributed by atoms with Gasteiger partial charge in [-0.1, -0.05) is 17.7 Å². The average molecular weight is 315 g/mol. The molecule has 0 spiro atoms. The Bertz CT molecular complexity index is 458. The van der Waals surface area contributed by atoms with Gasteiger partial charge in [0.05, 0.1) is 17.2 Å². The summed E-state index contributed by atoms with van der Waals surface area (Å²) in [5, 5.41) is 0.406. The first-order valence-electron chi connectivity index (χ1n) is 6.56. The molecule has 1 aromatic carbocycles. The zero-order valence-corrected chi connectivity index (χ0v) is 13.0. The highest BCUT2D eigenvalue weighted by atomic mass is 35.5. The van der Waals surface area contributed by atoms with Gasteiger partial charge in [0, 0.05) is 31.1 Å². The molecule has 0 aromatic heterocycles. The van der Waals surface area contributed by atoms with Crippen LogP contribution in [0.3, 0.4) is 0 Å². The molecule has 1 unspecified atom stereocenters. The van der Waals surface area contributed by atoms with E-state index in [2.05, 4.69) is 0 Å². The van der Waals surface area contributed by atoms with E-state index in [1.807, 2.05) is 16.7 Å². The van der Waals surface area contributed by atoms with E-state index in [0.29, 0.717) is 29.4 Å². The number of thioether (sulfide) groups is 1. The Labute approximate surface area is 128 Å². The second kappa shape index (κ2) is 7.20.